The Hall–Kier alpha value is -0.240. The molecular weight excluding hydrogens is 190 g/mol. The van der Waals surface area contributed by atoms with Gasteiger partial charge in [0, 0.05) is 13.0 Å². The molecule has 6 nitrogen and oxygen atoms in total. The van der Waals surface area contributed by atoms with Gasteiger partial charge in [-0.15, -0.1) is 0 Å². The van der Waals surface area contributed by atoms with Crippen molar-refractivity contribution in [3.05, 3.63) is 0 Å². The number of aliphatic hydroxyl groups excluding tert-OH is 3. The summed E-state index contributed by atoms with van der Waals surface area (Å²) in [5.41, 5.74) is 5.23. The maximum absolute atomic E-state index is 9.40. The highest BCUT2D eigenvalue weighted by atomic mass is 16.7. The molecule has 0 aromatic heterocycles. The molecule has 5 N–H and O–H groups in total. The molecular formula is C8H17NO5. The molecule has 1 rings (SSSR count). The zero-order valence-corrected chi connectivity index (χ0v) is 7.87. The van der Waals surface area contributed by atoms with Crippen molar-refractivity contribution in [3.63, 3.8) is 0 Å². The maximum Gasteiger partial charge on any atom is 0.160 e. The summed E-state index contributed by atoms with van der Waals surface area (Å²) in [6.07, 6.45) is -3.19. The minimum Gasteiger partial charge on any atom is -0.394 e. The molecule has 4 atom stereocenters. The maximum atomic E-state index is 9.40. The Morgan fingerprint density at radius 2 is 2.14 bits per heavy atom. The van der Waals surface area contributed by atoms with E-state index in [0.717, 1.165) is 0 Å². The van der Waals surface area contributed by atoms with Crippen molar-refractivity contribution in [3.8, 4) is 0 Å². The van der Waals surface area contributed by atoms with E-state index in [2.05, 4.69) is 0 Å². The van der Waals surface area contributed by atoms with Crippen LogP contribution in [0, 0.1) is 0 Å². The summed E-state index contributed by atoms with van der Waals surface area (Å²) in [5.74, 6) is 0. The lowest BCUT2D eigenvalue weighted by molar-refractivity contribution is -0.255. The van der Waals surface area contributed by atoms with Crippen molar-refractivity contribution < 1.29 is 24.8 Å². The Kier molecular flexibility index (Phi) is 4.73. The lowest BCUT2D eigenvalue weighted by Gasteiger charge is -2.35. The van der Waals surface area contributed by atoms with E-state index in [-0.39, 0.29) is 13.0 Å². The van der Waals surface area contributed by atoms with Gasteiger partial charge in [0.15, 0.2) is 6.29 Å². The smallest absolute Gasteiger partial charge is 0.160 e. The van der Waals surface area contributed by atoms with Gasteiger partial charge in [-0.05, 0) is 0 Å². The van der Waals surface area contributed by atoms with Crippen molar-refractivity contribution >= 4 is 0 Å². The van der Waals surface area contributed by atoms with Gasteiger partial charge in [0.1, 0.15) is 12.2 Å². The fourth-order valence-electron chi connectivity index (χ4n) is 1.37. The Morgan fingerprint density at radius 1 is 1.43 bits per heavy atom. The third-order valence-electron chi connectivity index (χ3n) is 2.14. The first kappa shape index (κ1) is 11.8. The molecule has 0 aromatic carbocycles. The van der Waals surface area contributed by atoms with Crippen LogP contribution in [0.1, 0.15) is 6.42 Å². The third kappa shape index (κ3) is 2.88. The van der Waals surface area contributed by atoms with Crippen molar-refractivity contribution in [1.82, 2.24) is 0 Å². The largest absolute Gasteiger partial charge is 0.394 e. The molecule has 0 spiro atoms. The molecule has 0 aromatic rings. The van der Waals surface area contributed by atoms with E-state index >= 15 is 0 Å². The molecule has 1 aliphatic rings. The molecule has 1 fully saturated rings. The second kappa shape index (κ2) is 5.59. The summed E-state index contributed by atoms with van der Waals surface area (Å²) >= 11 is 0. The van der Waals surface area contributed by atoms with Crippen LogP contribution in [-0.4, -0.2) is 59.7 Å². The van der Waals surface area contributed by atoms with Crippen LogP contribution >= 0.6 is 0 Å². The van der Waals surface area contributed by atoms with Gasteiger partial charge in [-0.3, -0.25) is 0 Å². The minimum absolute atomic E-state index is 0.192. The normalized spacial score (nSPS) is 38.6. The van der Waals surface area contributed by atoms with Crippen molar-refractivity contribution in [2.75, 3.05) is 19.8 Å². The Labute approximate surface area is 82.2 Å². The van der Waals surface area contributed by atoms with Crippen molar-refractivity contribution in [1.29, 1.82) is 0 Å². The summed E-state index contributed by atoms with van der Waals surface area (Å²) in [6.45, 7) is 0.342. The molecule has 0 saturated carbocycles. The van der Waals surface area contributed by atoms with E-state index in [4.69, 9.17) is 20.3 Å². The molecule has 0 amide bonds. The third-order valence-corrected chi connectivity index (χ3v) is 2.14. The Balaban J connectivity index is 2.41. The van der Waals surface area contributed by atoms with Crippen LogP contribution in [0.3, 0.4) is 0 Å². The number of hydrogen-bond donors (Lipinski definition) is 4. The number of nitrogens with two attached hydrogens (primary N) is 1. The van der Waals surface area contributed by atoms with E-state index in [9.17, 15) is 10.2 Å². The average Bonchev–Trinajstić information content (AvgIpc) is 2.19. The van der Waals surface area contributed by atoms with Crippen LogP contribution in [0.15, 0.2) is 0 Å². The SMILES string of the molecule is NCCO[C@H]1C[C@@H](O)[C@H](O)[C@@H](CO)O1. The van der Waals surface area contributed by atoms with Gasteiger partial charge in [-0.2, -0.15) is 0 Å². The Bertz CT molecular complexity index is 168. The topological polar surface area (TPSA) is 105 Å². The average molecular weight is 207 g/mol. The molecule has 1 saturated heterocycles. The van der Waals surface area contributed by atoms with E-state index in [0.29, 0.717) is 13.2 Å². The van der Waals surface area contributed by atoms with E-state index in [1.807, 2.05) is 0 Å². The van der Waals surface area contributed by atoms with Crippen LogP contribution < -0.4 is 5.73 Å². The first-order chi connectivity index (χ1) is 6.69. The first-order valence-electron chi connectivity index (χ1n) is 4.63. The molecule has 0 unspecified atom stereocenters. The summed E-state index contributed by atoms with van der Waals surface area (Å²) in [5, 5.41) is 27.6. The molecule has 0 aliphatic carbocycles. The number of ether oxygens (including phenoxy) is 2. The van der Waals surface area contributed by atoms with Crippen LogP contribution in [0.2, 0.25) is 0 Å². The van der Waals surface area contributed by atoms with Crippen LogP contribution in [0.25, 0.3) is 0 Å². The van der Waals surface area contributed by atoms with E-state index < -0.39 is 24.6 Å². The number of hydrogen-bond acceptors (Lipinski definition) is 6. The Morgan fingerprint density at radius 3 is 2.71 bits per heavy atom. The summed E-state index contributed by atoms with van der Waals surface area (Å²) in [4.78, 5) is 0. The van der Waals surface area contributed by atoms with Crippen molar-refractivity contribution in [2.45, 2.75) is 31.0 Å². The van der Waals surface area contributed by atoms with Crippen LogP contribution in [-0.2, 0) is 9.47 Å². The predicted octanol–water partition coefficient (Wildman–Crippen LogP) is -2.21. The quantitative estimate of drug-likeness (QED) is 0.416. The lowest BCUT2D eigenvalue weighted by Crippen LogP contribution is -2.50. The molecule has 0 radical (unpaired) electrons. The molecule has 6 heteroatoms. The highest BCUT2D eigenvalue weighted by Crippen LogP contribution is 2.20. The predicted molar refractivity (Wildman–Crippen MR) is 47.4 cm³/mol. The van der Waals surface area contributed by atoms with Gasteiger partial charge >= 0.3 is 0 Å². The fourth-order valence-corrected chi connectivity index (χ4v) is 1.37. The zero-order chi connectivity index (χ0) is 10.6. The van der Waals surface area contributed by atoms with Gasteiger partial charge in [0.05, 0.1) is 19.3 Å². The van der Waals surface area contributed by atoms with Gasteiger partial charge in [-0.25, -0.2) is 0 Å². The minimum atomic E-state index is -1.06. The van der Waals surface area contributed by atoms with Gasteiger partial charge < -0.3 is 30.5 Å². The summed E-state index contributed by atoms with van der Waals surface area (Å²) in [6, 6.07) is 0. The monoisotopic (exact) mass is 207 g/mol. The summed E-state index contributed by atoms with van der Waals surface area (Å²) in [7, 11) is 0. The van der Waals surface area contributed by atoms with Gasteiger partial charge in [0.25, 0.3) is 0 Å². The van der Waals surface area contributed by atoms with Crippen LogP contribution in [0.4, 0.5) is 0 Å². The fraction of sp³-hybridized carbons (Fsp3) is 1.00. The van der Waals surface area contributed by atoms with Gasteiger partial charge in [-0.1, -0.05) is 0 Å². The lowest BCUT2D eigenvalue weighted by atomic mass is 10.0. The highest BCUT2D eigenvalue weighted by molar-refractivity contribution is 4.82. The first-order valence-corrected chi connectivity index (χ1v) is 4.63. The second-order valence-electron chi connectivity index (χ2n) is 3.24. The second-order valence-corrected chi connectivity index (χ2v) is 3.24. The molecule has 14 heavy (non-hydrogen) atoms. The van der Waals surface area contributed by atoms with Crippen LogP contribution in [0.5, 0.6) is 0 Å². The van der Waals surface area contributed by atoms with Crippen molar-refractivity contribution in [2.24, 2.45) is 5.73 Å². The zero-order valence-electron chi connectivity index (χ0n) is 7.87. The highest BCUT2D eigenvalue weighted by Gasteiger charge is 2.36. The molecule has 0 bridgehead atoms. The molecule has 84 valence electrons. The van der Waals surface area contributed by atoms with E-state index in [1.54, 1.807) is 0 Å². The molecule has 1 heterocycles. The number of aliphatic hydroxyl groups is 3. The number of rotatable bonds is 4. The summed E-state index contributed by atoms with van der Waals surface area (Å²) < 4.78 is 10.3. The standard InChI is InChI=1S/C8H17NO5/c9-1-2-13-7-3-5(11)8(12)6(4-10)14-7/h5-8,10-12H,1-4,9H2/t5-,6-,7-,8+/m1/s1. The van der Waals surface area contributed by atoms with E-state index in [1.165, 1.54) is 0 Å². The molecule has 1 aliphatic heterocycles. The van der Waals surface area contributed by atoms with Gasteiger partial charge in [0.2, 0.25) is 0 Å².